The molecule has 1 aliphatic rings. The Labute approximate surface area is 138 Å². The maximum atomic E-state index is 12.7. The van der Waals surface area contributed by atoms with Gasteiger partial charge < -0.3 is 15.1 Å². The summed E-state index contributed by atoms with van der Waals surface area (Å²) in [6.07, 6.45) is 1.50. The fourth-order valence-electron chi connectivity index (χ4n) is 2.80. The van der Waals surface area contributed by atoms with Crippen LogP contribution in [0.1, 0.15) is 36.0 Å². The summed E-state index contributed by atoms with van der Waals surface area (Å²) in [5.74, 6) is 0.681. The Bertz CT molecular complexity index is 737. The van der Waals surface area contributed by atoms with E-state index >= 15 is 0 Å². The van der Waals surface area contributed by atoms with Gasteiger partial charge in [-0.1, -0.05) is 0 Å². The quantitative estimate of drug-likeness (QED) is 0.934. The number of carbonyl (C=O) groups excluding carboxylic acids is 2. The Morgan fingerprint density at radius 1 is 1.39 bits per heavy atom. The molecule has 1 aliphatic heterocycles. The molecule has 0 spiro atoms. The number of nitrogens with two attached hydrogens (primary N) is 1. The van der Waals surface area contributed by atoms with E-state index in [2.05, 4.69) is 4.98 Å². The van der Waals surface area contributed by atoms with Crippen molar-refractivity contribution in [3.05, 3.63) is 29.0 Å². The van der Waals surface area contributed by atoms with Crippen LogP contribution in [-0.2, 0) is 4.79 Å². The molecule has 0 aliphatic carbocycles. The fraction of sp³-hybridized carbons (Fsp3) is 0.438. The van der Waals surface area contributed by atoms with E-state index in [0.717, 1.165) is 18.6 Å². The molecule has 122 valence electrons. The third-order valence-corrected chi connectivity index (χ3v) is 5.08. The number of hydrogen-bond acceptors (Lipinski definition) is 5. The summed E-state index contributed by atoms with van der Waals surface area (Å²) in [6.45, 7) is 4.21. The monoisotopic (exact) mass is 333 g/mol. The Morgan fingerprint density at radius 3 is 2.83 bits per heavy atom. The van der Waals surface area contributed by atoms with Crippen molar-refractivity contribution in [2.24, 2.45) is 11.7 Å². The average Bonchev–Trinajstić information content (AvgIpc) is 3.15. The van der Waals surface area contributed by atoms with Crippen LogP contribution in [0.3, 0.4) is 0 Å². The third-order valence-electron chi connectivity index (χ3n) is 4.22. The topological polar surface area (TPSA) is 89.4 Å². The van der Waals surface area contributed by atoms with E-state index in [0.29, 0.717) is 23.0 Å². The zero-order chi connectivity index (χ0) is 16.6. The maximum Gasteiger partial charge on any atom is 0.273 e. The van der Waals surface area contributed by atoms with E-state index in [4.69, 9.17) is 10.2 Å². The molecule has 0 aromatic carbocycles. The van der Waals surface area contributed by atoms with Gasteiger partial charge in [0.05, 0.1) is 5.92 Å². The molecule has 1 fully saturated rings. The zero-order valence-corrected chi connectivity index (χ0v) is 13.9. The summed E-state index contributed by atoms with van der Waals surface area (Å²) in [7, 11) is 0. The first-order valence-corrected chi connectivity index (χ1v) is 8.46. The average molecular weight is 333 g/mol. The van der Waals surface area contributed by atoms with Crippen molar-refractivity contribution in [1.82, 2.24) is 9.88 Å². The smallest absolute Gasteiger partial charge is 0.273 e. The van der Waals surface area contributed by atoms with Crippen LogP contribution in [0.4, 0.5) is 0 Å². The van der Waals surface area contributed by atoms with E-state index in [1.165, 1.54) is 11.3 Å². The number of aromatic nitrogens is 1. The van der Waals surface area contributed by atoms with Crippen LogP contribution < -0.4 is 5.73 Å². The highest BCUT2D eigenvalue weighted by Crippen LogP contribution is 2.28. The summed E-state index contributed by atoms with van der Waals surface area (Å²) in [6, 6.07) is 3.78. The molecular weight excluding hydrogens is 314 g/mol. The van der Waals surface area contributed by atoms with Crippen LogP contribution in [0.2, 0.25) is 0 Å². The van der Waals surface area contributed by atoms with Gasteiger partial charge in [-0.3, -0.25) is 9.59 Å². The number of primary amides is 1. The van der Waals surface area contributed by atoms with Crippen LogP contribution in [0.15, 0.2) is 21.9 Å². The molecule has 0 radical (unpaired) electrons. The molecule has 2 aromatic rings. The molecular formula is C16H19N3O3S. The van der Waals surface area contributed by atoms with Gasteiger partial charge in [0, 0.05) is 18.0 Å². The molecule has 0 unspecified atom stereocenters. The number of carbonyl (C=O) groups is 2. The van der Waals surface area contributed by atoms with Crippen molar-refractivity contribution < 1.29 is 14.0 Å². The first kappa shape index (κ1) is 15.7. The second-order valence-electron chi connectivity index (χ2n) is 5.93. The second kappa shape index (κ2) is 6.16. The standard InChI is InChI=1S/C16H19N3O3S/c1-9-3-5-11(14(17)20)7-19(9)16(21)12-8-23-15(18-12)13-6-4-10(2)22-13/h4,6,8-9,11H,3,5,7H2,1-2H3,(H2,17,20)/t9-,11+/m1/s1. The maximum absolute atomic E-state index is 12.7. The molecule has 3 heterocycles. The largest absolute Gasteiger partial charge is 0.459 e. The highest BCUT2D eigenvalue weighted by atomic mass is 32.1. The van der Waals surface area contributed by atoms with E-state index in [9.17, 15) is 9.59 Å². The lowest BCUT2D eigenvalue weighted by Gasteiger charge is -2.36. The highest BCUT2D eigenvalue weighted by Gasteiger charge is 2.33. The molecule has 23 heavy (non-hydrogen) atoms. The predicted octanol–water partition coefficient (Wildman–Crippen LogP) is 2.44. The van der Waals surface area contributed by atoms with Crippen molar-refractivity contribution in [2.45, 2.75) is 32.7 Å². The summed E-state index contributed by atoms with van der Waals surface area (Å²) < 4.78 is 5.54. The lowest BCUT2D eigenvalue weighted by molar-refractivity contribution is -0.123. The Hall–Kier alpha value is -2.15. The van der Waals surface area contributed by atoms with Gasteiger partial charge in [-0.25, -0.2) is 4.98 Å². The SMILES string of the molecule is Cc1ccc(-c2nc(C(=O)N3C[C@@H](C(N)=O)CC[C@H]3C)cs2)o1. The Kier molecular flexibility index (Phi) is 4.21. The number of piperidine rings is 1. The lowest BCUT2D eigenvalue weighted by Crippen LogP contribution is -2.48. The minimum atomic E-state index is -0.347. The number of nitrogens with zero attached hydrogens (tertiary/aromatic N) is 2. The van der Waals surface area contributed by atoms with Gasteiger partial charge >= 0.3 is 0 Å². The van der Waals surface area contributed by atoms with Crippen molar-refractivity contribution >= 4 is 23.2 Å². The molecule has 7 heteroatoms. The first-order chi connectivity index (χ1) is 11.0. The summed E-state index contributed by atoms with van der Waals surface area (Å²) in [4.78, 5) is 30.2. The lowest BCUT2D eigenvalue weighted by atomic mass is 9.93. The van der Waals surface area contributed by atoms with Crippen molar-refractivity contribution in [3.63, 3.8) is 0 Å². The van der Waals surface area contributed by atoms with Gasteiger partial charge in [0.25, 0.3) is 5.91 Å². The normalized spacial score (nSPS) is 21.4. The summed E-state index contributed by atoms with van der Waals surface area (Å²) in [5, 5.41) is 2.41. The summed E-state index contributed by atoms with van der Waals surface area (Å²) >= 11 is 1.37. The van der Waals surface area contributed by atoms with Crippen LogP contribution >= 0.6 is 11.3 Å². The number of furan rings is 1. The number of rotatable bonds is 3. The van der Waals surface area contributed by atoms with E-state index in [1.54, 1.807) is 10.3 Å². The first-order valence-electron chi connectivity index (χ1n) is 7.58. The molecule has 2 atom stereocenters. The second-order valence-corrected chi connectivity index (χ2v) is 6.79. The minimum Gasteiger partial charge on any atom is -0.459 e. The van der Waals surface area contributed by atoms with Crippen molar-refractivity contribution in [2.75, 3.05) is 6.54 Å². The molecule has 2 N–H and O–H groups in total. The van der Waals surface area contributed by atoms with E-state index < -0.39 is 0 Å². The molecule has 6 nitrogen and oxygen atoms in total. The number of likely N-dealkylation sites (tertiary alicyclic amines) is 1. The minimum absolute atomic E-state index is 0.0779. The van der Waals surface area contributed by atoms with Gasteiger partial charge in [0.2, 0.25) is 5.91 Å². The van der Waals surface area contributed by atoms with Gasteiger partial charge in [0.15, 0.2) is 10.8 Å². The third kappa shape index (κ3) is 3.14. The van der Waals surface area contributed by atoms with Crippen molar-refractivity contribution in [1.29, 1.82) is 0 Å². The molecule has 2 amide bonds. The summed E-state index contributed by atoms with van der Waals surface area (Å²) in [5.41, 5.74) is 5.78. The molecule has 3 rings (SSSR count). The molecule has 2 aromatic heterocycles. The van der Waals surface area contributed by atoms with E-state index in [1.807, 2.05) is 26.0 Å². The number of thiazole rings is 1. The Morgan fingerprint density at radius 2 is 2.17 bits per heavy atom. The highest BCUT2D eigenvalue weighted by molar-refractivity contribution is 7.13. The van der Waals surface area contributed by atoms with Crippen LogP contribution in [0.5, 0.6) is 0 Å². The Balaban J connectivity index is 1.79. The molecule has 0 saturated carbocycles. The van der Waals surface area contributed by atoms with Gasteiger partial charge in [-0.15, -0.1) is 11.3 Å². The number of aryl methyl sites for hydroxylation is 1. The van der Waals surface area contributed by atoms with Gasteiger partial charge in [-0.2, -0.15) is 0 Å². The van der Waals surface area contributed by atoms with Crippen LogP contribution in [0.25, 0.3) is 10.8 Å². The van der Waals surface area contributed by atoms with E-state index in [-0.39, 0.29) is 23.8 Å². The van der Waals surface area contributed by atoms with Crippen molar-refractivity contribution in [3.8, 4) is 10.8 Å². The molecule has 1 saturated heterocycles. The zero-order valence-electron chi connectivity index (χ0n) is 13.1. The number of amides is 2. The van der Waals surface area contributed by atoms with Crippen LogP contribution in [0, 0.1) is 12.8 Å². The van der Waals surface area contributed by atoms with Gasteiger partial charge in [0.1, 0.15) is 11.5 Å². The van der Waals surface area contributed by atoms with Gasteiger partial charge in [-0.05, 0) is 38.8 Å². The predicted molar refractivity (Wildman–Crippen MR) is 87.0 cm³/mol. The van der Waals surface area contributed by atoms with Crippen LogP contribution in [-0.4, -0.2) is 34.3 Å². The fourth-order valence-corrected chi connectivity index (χ4v) is 3.56. The number of hydrogen-bond donors (Lipinski definition) is 1. The molecule has 0 bridgehead atoms.